The van der Waals surface area contributed by atoms with Gasteiger partial charge in [-0.1, -0.05) is 31.5 Å². The number of rotatable bonds is 4. The summed E-state index contributed by atoms with van der Waals surface area (Å²) in [5.74, 6) is 0. The maximum atomic E-state index is 11.0. The van der Waals surface area contributed by atoms with Crippen molar-refractivity contribution in [1.29, 1.82) is 0 Å². The van der Waals surface area contributed by atoms with E-state index in [4.69, 9.17) is 4.55 Å². The Morgan fingerprint density at radius 1 is 1.29 bits per heavy atom. The van der Waals surface area contributed by atoms with Gasteiger partial charge in [0.05, 0.1) is 4.90 Å². The molecule has 0 spiro atoms. The van der Waals surface area contributed by atoms with Gasteiger partial charge in [-0.05, 0) is 24.5 Å². The molecule has 78 valence electrons. The van der Waals surface area contributed by atoms with Crippen LogP contribution in [0.5, 0.6) is 0 Å². The number of unbranched alkanes of at least 4 members (excludes halogenated alkanes) is 1. The van der Waals surface area contributed by atoms with Crippen LogP contribution in [-0.4, -0.2) is 13.0 Å². The molecule has 0 saturated heterocycles. The highest BCUT2D eigenvalue weighted by Gasteiger charge is 2.13. The van der Waals surface area contributed by atoms with Crippen molar-refractivity contribution >= 4 is 10.1 Å². The molecule has 0 aliphatic heterocycles. The minimum atomic E-state index is -4.06. The Bertz CT molecular complexity index is 396. The summed E-state index contributed by atoms with van der Waals surface area (Å²) in [4.78, 5) is 0.0356. The minimum Gasteiger partial charge on any atom is -0.282 e. The molecule has 0 aromatic heterocycles. The van der Waals surface area contributed by atoms with Gasteiger partial charge in [0.25, 0.3) is 10.1 Å². The molecule has 0 aliphatic rings. The van der Waals surface area contributed by atoms with Crippen LogP contribution in [0.1, 0.15) is 25.3 Å². The predicted octanol–water partition coefficient (Wildman–Crippen LogP) is 2.28. The summed E-state index contributed by atoms with van der Waals surface area (Å²) in [5.41, 5.74) is 0.692. The van der Waals surface area contributed by atoms with E-state index in [1.807, 2.05) is 6.92 Å². The molecule has 0 radical (unpaired) electrons. The number of hydrogen-bond donors (Lipinski definition) is 1. The molecule has 0 heterocycles. The van der Waals surface area contributed by atoms with E-state index in [2.05, 4.69) is 0 Å². The Kier molecular flexibility index (Phi) is 3.66. The average molecular weight is 214 g/mol. The van der Waals surface area contributed by atoms with E-state index in [1.165, 1.54) is 6.07 Å². The highest BCUT2D eigenvalue weighted by molar-refractivity contribution is 7.85. The first-order chi connectivity index (χ1) is 6.55. The Morgan fingerprint density at radius 2 is 1.93 bits per heavy atom. The third-order valence-electron chi connectivity index (χ3n) is 2.05. The van der Waals surface area contributed by atoms with Gasteiger partial charge in [-0.3, -0.25) is 4.55 Å². The van der Waals surface area contributed by atoms with E-state index in [0.29, 0.717) is 12.0 Å². The maximum absolute atomic E-state index is 11.0. The fraction of sp³-hybridized carbons (Fsp3) is 0.400. The zero-order valence-electron chi connectivity index (χ0n) is 8.10. The fourth-order valence-electron chi connectivity index (χ4n) is 1.33. The summed E-state index contributed by atoms with van der Waals surface area (Å²) in [6, 6.07) is 6.55. The van der Waals surface area contributed by atoms with E-state index in [-0.39, 0.29) is 4.90 Å². The molecule has 1 aromatic rings. The van der Waals surface area contributed by atoms with Gasteiger partial charge in [0, 0.05) is 0 Å². The van der Waals surface area contributed by atoms with E-state index >= 15 is 0 Å². The fourth-order valence-corrected chi connectivity index (χ4v) is 2.08. The molecular formula is C10H14O3S. The lowest BCUT2D eigenvalue weighted by molar-refractivity contribution is 0.482. The van der Waals surface area contributed by atoms with E-state index in [0.717, 1.165) is 12.8 Å². The van der Waals surface area contributed by atoms with Crippen LogP contribution in [0, 0.1) is 0 Å². The molecule has 0 fully saturated rings. The third-order valence-corrected chi connectivity index (χ3v) is 3.00. The van der Waals surface area contributed by atoms with Gasteiger partial charge < -0.3 is 0 Å². The van der Waals surface area contributed by atoms with Gasteiger partial charge in [0.2, 0.25) is 0 Å². The Hall–Kier alpha value is -0.870. The van der Waals surface area contributed by atoms with Crippen molar-refractivity contribution in [1.82, 2.24) is 0 Å². The zero-order valence-corrected chi connectivity index (χ0v) is 8.92. The van der Waals surface area contributed by atoms with Crippen molar-refractivity contribution in [3.63, 3.8) is 0 Å². The van der Waals surface area contributed by atoms with Crippen LogP contribution in [-0.2, 0) is 16.5 Å². The lowest BCUT2D eigenvalue weighted by Gasteiger charge is -2.05. The van der Waals surface area contributed by atoms with Crippen molar-refractivity contribution in [2.45, 2.75) is 31.1 Å². The van der Waals surface area contributed by atoms with E-state index < -0.39 is 10.1 Å². The van der Waals surface area contributed by atoms with Crippen LogP contribution >= 0.6 is 0 Å². The van der Waals surface area contributed by atoms with Crippen molar-refractivity contribution in [2.24, 2.45) is 0 Å². The predicted molar refractivity (Wildman–Crippen MR) is 54.9 cm³/mol. The van der Waals surface area contributed by atoms with E-state index in [9.17, 15) is 8.42 Å². The van der Waals surface area contributed by atoms with Gasteiger partial charge in [0.1, 0.15) is 0 Å². The number of aryl methyl sites for hydroxylation is 1. The lowest BCUT2D eigenvalue weighted by atomic mass is 10.1. The first-order valence-electron chi connectivity index (χ1n) is 4.61. The van der Waals surface area contributed by atoms with Gasteiger partial charge in [0.15, 0.2) is 0 Å². The average Bonchev–Trinajstić information content (AvgIpc) is 2.14. The standard InChI is InChI=1S/C10H14O3S/c1-2-3-6-9-7-4-5-8-10(9)14(11,12)13/h4-5,7-8H,2-3,6H2,1H3,(H,11,12,13). The second-order valence-electron chi connectivity index (χ2n) is 3.19. The molecule has 0 unspecified atom stereocenters. The lowest BCUT2D eigenvalue weighted by Crippen LogP contribution is -2.02. The molecule has 1 aromatic carbocycles. The Balaban J connectivity index is 3.04. The molecule has 14 heavy (non-hydrogen) atoms. The normalized spacial score (nSPS) is 11.6. The summed E-state index contributed by atoms with van der Waals surface area (Å²) >= 11 is 0. The topological polar surface area (TPSA) is 54.4 Å². The monoisotopic (exact) mass is 214 g/mol. The van der Waals surface area contributed by atoms with Gasteiger partial charge in [-0.25, -0.2) is 0 Å². The maximum Gasteiger partial charge on any atom is 0.294 e. The van der Waals surface area contributed by atoms with Crippen molar-refractivity contribution in [2.75, 3.05) is 0 Å². The highest BCUT2D eigenvalue weighted by Crippen LogP contribution is 2.16. The molecule has 0 saturated carbocycles. The number of benzene rings is 1. The summed E-state index contributed by atoms with van der Waals surface area (Å²) < 4.78 is 30.9. The second kappa shape index (κ2) is 4.57. The minimum absolute atomic E-state index is 0.0356. The first kappa shape index (κ1) is 11.2. The van der Waals surface area contributed by atoms with Crippen LogP contribution in [0.2, 0.25) is 0 Å². The first-order valence-corrected chi connectivity index (χ1v) is 6.05. The summed E-state index contributed by atoms with van der Waals surface area (Å²) in [7, 11) is -4.06. The summed E-state index contributed by atoms with van der Waals surface area (Å²) in [5, 5.41) is 0. The summed E-state index contributed by atoms with van der Waals surface area (Å²) in [6.07, 6.45) is 2.61. The van der Waals surface area contributed by atoms with Crippen molar-refractivity contribution < 1.29 is 13.0 Å². The van der Waals surface area contributed by atoms with Crippen molar-refractivity contribution in [3.8, 4) is 0 Å². The second-order valence-corrected chi connectivity index (χ2v) is 4.58. The molecule has 1 rings (SSSR count). The molecule has 0 aliphatic carbocycles. The summed E-state index contributed by atoms with van der Waals surface area (Å²) in [6.45, 7) is 2.04. The molecule has 0 bridgehead atoms. The van der Waals surface area contributed by atoms with Gasteiger partial charge in [-0.15, -0.1) is 0 Å². The SMILES string of the molecule is CCCCc1ccccc1S(=O)(=O)O. The van der Waals surface area contributed by atoms with Crippen LogP contribution in [0.25, 0.3) is 0 Å². The Labute approximate surface area is 84.5 Å². The quantitative estimate of drug-likeness (QED) is 0.782. The molecule has 0 amide bonds. The molecule has 3 nitrogen and oxygen atoms in total. The highest BCUT2D eigenvalue weighted by atomic mass is 32.2. The largest absolute Gasteiger partial charge is 0.294 e. The third kappa shape index (κ3) is 2.82. The molecule has 1 N–H and O–H groups in total. The molecular weight excluding hydrogens is 200 g/mol. The van der Waals surface area contributed by atoms with Gasteiger partial charge in [-0.2, -0.15) is 8.42 Å². The van der Waals surface area contributed by atoms with E-state index in [1.54, 1.807) is 18.2 Å². The van der Waals surface area contributed by atoms with Crippen LogP contribution in [0.4, 0.5) is 0 Å². The number of hydrogen-bond acceptors (Lipinski definition) is 2. The van der Waals surface area contributed by atoms with Crippen LogP contribution < -0.4 is 0 Å². The zero-order chi connectivity index (χ0) is 10.6. The van der Waals surface area contributed by atoms with Crippen molar-refractivity contribution in [3.05, 3.63) is 29.8 Å². The van der Waals surface area contributed by atoms with Gasteiger partial charge >= 0.3 is 0 Å². The molecule has 4 heteroatoms. The Morgan fingerprint density at radius 3 is 2.50 bits per heavy atom. The van der Waals surface area contributed by atoms with Crippen LogP contribution in [0.15, 0.2) is 29.2 Å². The van der Waals surface area contributed by atoms with Crippen LogP contribution in [0.3, 0.4) is 0 Å². The molecule has 0 atom stereocenters. The smallest absolute Gasteiger partial charge is 0.282 e.